The van der Waals surface area contributed by atoms with Crippen molar-refractivity contribution in [3.63, 3.8) is 0 Å². The number of aromatic nitrogens is 2. The van der Waals surface area contributed by atoms with Gasteiger partial charge in [0.15, 0.2) is 0 Å². The molecule has 0 atom stereocenters. The van der Waals surface area contributed by atoms with E-state index in [1.54, 1.807) is 0 Å². The second kappa shape index (κ2) is 5.23. The molecule has 0 radical (unpaired) electrons. The molecule has 2 aliphatic rings. The normalized spacial score (nSPS) is 21.2. The molecular weight excluding hydrogens is 306 g/mol. The van der Waals surface area contributed by atoms with Crippen molar-refractivity contribution >= 4 is 40.4 Å². The zero-order valence-electron chi connectivity index (χ0n) is 11.4. The van der Waals surface area contributed by atoms with Crippen LogP contribution in [-0.2, 0) is 4.74 Å². The van der Waals surface area contributed by atoms with Gasteiger partial charge < -0.3 is 9.64 Å². The largest absolute Gasteiger partial charge is 0.363 e. The Labute approximate surface area is 131 Å². The third kappa shape index (κ3) is 2.43. The zero-order valence-corrected chi connectivity index (χ0v) is 13.1. The maximum atomic E-state index is 12.6. The summed E-state index contributed by atoms with van der Waals surface area (Å²) in [6.45, 7) is 2.37. The number of piperidine rings is 1. The van der Waals surface area contributed by atoms with Crippen LogP contribution in [0.5, 0.6) is 0 Å². The fourth-order valence-corrected chi connectivity index (χ4v) is 4.63. The Hall–Kier alpha value is -1.18. The SMILES string of the molecule is O=C(c1ccc2nsnc2c1)N1CCC2(CC1)OCCS2. The molecule has 110 valence electrons. The van der Waals surface area contributed by atoms with E-state index in [4.69, 9.17) is 4.74 Å². The molecule has 1 aromatic carbocycles. The standard InChI is InChI=1S/C14H15N3O2S2/c18-13(10-1-2-11-12(9-10)16-21-15-11)17-5-3-14(4-6-17)19-7-8-20-14/h1-2,9H,3-8H2. The number of amides is 1. The van der Waals surface area contributed by atoms with Gasteiger partial charge in [-0.15, -0.1) is 11.8 Å². The van der Waals surface area contributed by atoms with Gasteiger partial charge >= 0.3 is 0 Å². The van der Waals surface area contributed by atoms with Crippen molar-refractivity contribution in [3.8, 4) is 0 Å². The molecule has 0 unspecified atom stereocenters. The van der Waals surface area contributed by atoms with Crippen molar-refractivity contribution in [2.45, 2.75) is 17.8 Å². The third-order valence-electron chi connectivity index (χ3n) is 4.13. The van der Waals surface area contributed by atoms with Gasteiger partial charge in [-0.05, 0) is 18.2 Å². The van der Waals surface area contributed by atoms with Crippen LogP contribution in [0.15, 0.2) is 18.2 Å². The minimum absolute atomic E-state index is 0.0282. The van der Waals surface area contributed by atoms with Crippen LogP contribution in [0.3, 0.4) is 0 Å². The van der Waals surface area contributed by atoms with Crippen molar-refractivity contribution in [1.29, 1.82) is 0 Å². The first kappa shape index (κ1) is 13.5. The summed E-state index contributed by atoms with van der Waals surface area (Å²) < 4.78 is 14.2. The van der Waals surface area contributed by atoms with Gasteiger partial charge in [0.2, 0.25) is 0 Å². The number of fused-ring (bicyclic) bond motifs is 1. The van der Waals surface area contributed by atoms with Crippen LogP contribution in [0.4, 0.5) is 0 Å². The smallest absolute Gasteiger partial charge is 0.253 e. The average molecular weight is 321 g/mol. The molecule has 1 aromatic heterocycles. The first-order valence-corrected chi connectivity index (χ1v) is 8.77. The second-order valence-corrected chi connectivity index (χ2v) is 7.34. The van der Waals surface area contributed by atoms with E-state index in [9.17, 15) is 4.79 Å². The highest BCUT2D eigenvalue weighted by Gasteiger charge is 2.40. The summed E-state index contributed by atoms with van der Waals surface area (Å²) in [6.07, 6.45) is 1.84. The number of benzene rings is 1. The first-order chi connectivity index (χ1) is 10.3. The van der Waals surface area contributed by atoms with Gasteiger partial charge in [0.1, 0.15) is 16.0 Å². The Morgan fingerprint density at radius 3 is 2.81 bits per heavy atom. The van der Waals surface area contributed by atoms with Gasteiger partial charge in [-0.1, -0.05) is 0 Å². The third-order valence-corrected chi connectivity index (χ3v) is 6.11. The molecule has 2 fully saturated rings. The van der Waals surface area contributed by atoms with E-state index < -0.39 is 0 Å². The Bertz CT molecular complexity index is 672. The summed E-state index contributed by atoms with van der Waals surface area (Å²) in [5.41, 5.74) is 2.35. The monoisotopic (exact) mass is 321 g/mol. The molecular formula is C14H15N3O2S2. The van der Waals surface area contributed by atoms with Crippen LogP contribution in [0.1, 0.15) is 23.2 Å². The lowest BCUT2D eigenvalue weighted by molar-refractivity contribution is 0.00353. The molecule has 2 saturated heterocycles. The fraction of sp³-hybridized carbons (Fsp3) is 0.500. The number of likely N-dealkylation sites (tertiary alicyclic amines) is 1. The quantitative estimate of drug-likeness (QED) is 0.807. The van der Waals surface area contributed by atoms with E-state index in [0.29, 0.717) is 5.56 Å². The van der Waals surface area contributed by atoms with E-state index in [-0.39, 0.29) is 10.8 Å². The molecule has 21 heavy (non-hydrogen) atoms. The van der Waals surface area contributed by atoms with Crippen LogP contribution in [-0.4, -0.2) is 49.9 Å². The Balaban J connectivity index is 1.50. The number of thioether (sulfide) groups is 1. The number of carbonyl (C=O) groups is 1. The molecule has 0 N–H and O–H groups in total. The van der Waals surface area contributed by atoms with Gasteiger partial charge in [-0.2, -0.15) is 8.75 Å². The van der Waals surface area contributed by atoms with Crippen molar-refractivity contribution in [2.75, 3.05) is 25.4 Å². The molecule has 4 rings (SSSR count). The molecule has 2 aliphatic heterocycles. The highest BCUT2D eigenvalue weighted by atomic mass is 32.2. The molecule has 7 heteroatoms. The maximum absolute atomic E-state index is 12.6. The van der Waals surface area contributed by atoms with Crippen LogP contribution in [0.2, 0.25) is 0 Å². The van der Waals surface area contributed by atoms with Gasteiger partial charge in [0, 0.05) is 37.2 Å². The number of hydrogen-bond donors (Lipinski definition) is 0. The highest BCUT2D eigenvalue weighted by Crippen LogP contribution is 2.41. The van der Waals surface area contributed by atoms with Gasteiger partial charge in [0.25, 0.3) is 5.91 Å². The number of ether oxygens (including phenoxy) is 1. The van der Waals surface area contributed by atoms with E-state index in [1.165, 1.54) is 11.7 Å². The first-order valence-electron chi connectivity index (χ1n) is 7.05. The van der Waals surface area contributed by atoms with Gasteiger partial charge in [-0.3, -0.25) is 4.79 Å². The summed E-state index contributed by atoms with van der Waals surface area (Å²) in [7, 11) is 0. The topological polar surface area (TPSA) is 55.3 Å². The van der Waals surface area contributed by atoms with Crippen LogP contribution in [0, 0.1) is 0 Å². The molecule has 0 bridgehead atoms. The summed E-state index contributed by atoms with van der Waals surface area (Å²) in [5.74, 6) is 1.16. The van der Waals surface area contributed by atoms with E-state index >= 15 is 0 Å². The maximum Gasteiger partial charge on any atom is 0.253 e. The molecule has 5 nitrogen and oxygen atoms in total. The summed E-state index contributed by atoms with van der Waals surface area (Å²) in [4.78, 5) is 14.5. The Morgan fingerprint density at radius 2 is 2.05 bits per heavy atom. The lowest BCUT2D eigenvalue weighted by Gasteiger charge is -2.37. The van der Waals surface area contributed by atoms with Crippen molar-refractivity contribution in [2.24, 2.45) is 0 Å². The molecule has 2 aromatic rings. The summed E-state index contributed by atoms with van der Waals surface area (Å²) in [6, 6.07) is 5.55. The number of carbonyl (C=O) groups excluding carboxylic acids is 1. The van der Waals surface area contributed by atoms with E-state index in [2.05, 4.69) is 8.75 Å². The zero-order chi connectivity index (χ0) is 14.3. The van der Waals surface area contributed by atoms with Crippen LogP contribution in [0.25, 0.3) is 11.0 Å². The fourth-order valence-electron chi connectivity index (χ4n) is 2.93. The molecule has 0 aliphatic carbocycles. The van der Waals surface area contributed by atoms with Crippen molar-refractivity contribution in [1.82, 2.24) is 13.6 Å². The Morgan fingerprint density at radius 1 is 1.24 bits per heavy atom. The minimum Gasteiger partial charge on any atom is -0.363 e. The molecule has 0 saturated carbocycles. The molecule has 1 amide bonds. The summed E-state index contributed by atoms with van der Waals surface area (Å²) >= 11 is 3.08. The Kier molecular flexibility index (Phi) is 3.35. The van der Waals surface area contributed by atoms with Crippen molar-refractivity contribution < 1.29 is 9.53 Å². The van der Waals surface area contributed by atoms with E-state index in [1.807, 2.05) is 34.9 Å². The number of hydrogen-bond acceptors (Lipinski definition) is 6. The van der Waals surface area contributed by atoms with Gasteiger partial charge in [-0.25, -0.2) is 0 Å². The van der Waals surface area contributed by atoms with Crippen molar-refractivity contribution in [3.05, 3.63) is 23.8 Å². The molecule has 1 spiro atoms. The minimum atomic E-state index is -0.0282. The highest BCUT2D eigenvalue weighted by molar-refractivity contribution is 8.00. The predicted octanol–water partition coefficient (Wildman–Crippen LogP) is 2.39. The summed E-state index contributed by atoms with van der Waals surface area (Å²) in [5, 5.41) is 0. The van der Waals surface area contributed by atoms with Crippen LogP contribution >= 0.6 is 23.5 Å². The van der Waals surface area contributed by atoms with Gasteiger partial charge in [0.05, 0.1) is 18.3 Å². The average Bonchev–Trinajstić information content (AvgIpc) is 3.16. The lowest BCUT2D eigenvalue weighted by atomic mass is 10.1. The second-order valence-electron chi connectivity index (χ2n) is 5.37. The molecule has 3 heterocycles. The number of rotatable bonds is 1. The van der Waals surface area contributed by atoms with E-state index in [0.717, 1.165) is 49.3 Å². The number of nitrogens with zero attached hydrogens (tertiary/aromatic N) is 3. The lowest BCUT2D eigenvalue weighted by Crippen LogP contribution is -2.45. The van der Waals surface area contributed by atoms with Crippen LogP contribution < -0.4 is 0 Å². The predicted molar refractivity (Wildman–Crippen MR) is 83.7 cm³/mol.